The number of halogens is 1. The number of hydrogen-bond acceptors (Lipinski definition) is 3. The molecule has 0 radical (unpaired) electrons. The van der Waals surface area contributed by atoms with E-state index >= 15 is 0 Å². The minimum atomic E-state index is -0.0610. The Morgan fingerprint density at radius 2 is 2.00 bits per heavy atom. The van der Waals surface area contributed by atoms with Crippen molar-refractivity contribution in [2.75, 3.05) is 5.73 Å². The number of rotatable bonds is 5. The van der Waals surface area contributed by atoms with Gasteiger partial charge in [-0.3, -0.25) is 9.78 Å². The molecule has 1 heterocycles. The number of hydrogen-bond donors (Lipinski definition) is 2. The molecule has 1 aromatic heterocycles. The zero-order chi connectivity index (χ0) is 15.2. The second-order valence-corrected chi connectivity index (χ2v) is 5.28. The number of carbonyl (C=O) groups is 1. The van der Waals surface area contributed by atoms with Gasteiger partial charge in [-0.05, 0) is 36.2 Å². The van der Waals surface area contributed by atoms with Crippen LogP contribution in [-0.2, 0) is 11.2 Å². The largest absolute Gasteiger partial charge is 0.397 e. The van der Waals surface area contributed by atoms with Gasteiger partial charge in [-0.1, -0.05) is 30.7 Å². The van der Waals surface area contributed by atoms with E-state index in [4.69, 9.17) is 17.3 Å². The zero-order valence-corrected chi connectivity index (χ0v) is 12.6. The second kappa shape index (κ2) is 7.09. The number of aromatic nitrogens is 1. The van der Waals surface area contributed by atoms with Crippen molar-refractivity contribution in [3.05, 3.63) is 58.9 Å². The fraction of sp³-hybridized carbons (Fsp3) is 0.250. The number of pyridine rings is 1. The monoisotopic (exact) mass is 303 g/mol. The lowest BCUT2D eigenvalue weighted by molar-refractivity contribution is -0.121. The lowest BCUT2D eigenvalue weighted by atomic mass is 10.0. The molecule has 1 amide bonds. The molecule has 0 aliphatic rings. The van der Waals surface area contributed by atoms with Crippen LogP contribution in [0.3, 0.4) is 0 Å². The molecule has 21 heavy (non-hydrogen) atoms. The van der Waals surface area contributed by atoms with Crippen LogP contribution in [0.5, 0.6) is 0 Å². The molecule has 0 bridgehead atoms. The summed E-state index contributed by atoms with van der Waals surface area (Å²) in [6, 6.07) is 11.0. The number of nitrogens with one attached hydrogen (secondary N) is 1. The number of benzene rings is 1. The van der Waals surface area contributed by atoms with Crippen molar-refractivity contribution in [3.8, 4) is 0 Å². The molecule has 110 valence electrons. The number of anilines is 1. The van der Waals surface area contributed by atoms with Crippen molar-refractivity contribution >= 4 is 23.2 Å². The van der Waals surface area contributed by atoms with Gasteiger partial charge in [0.2, 0.25) is 5.91 Å². The first-order valence-corrected chi connectivity index (χ1v) is 7.21. The molecule has 5 heteroatoms. The average Bonchev–Trinajstić information content (AvgIpc) is 2.48. The summed E-state index contributed by atoms with van der Waals surface area (Å²) < 4.78 is 0. The van der Waals surface area contributed by atoms with Crippen molar-refractivity contribution in [3.63, 3.8) is 0 Å². The first-order valence-electron chi connectivity index (χ1n) is 6.83. The van der Waals surface area contributed by atoms with Gasteiger partial charge in [-0.2, -0.15) is 0 Å². The Morgan fingerprint density at radius 1 is 1.29 bits per heavy atom. The van der Waals surface area contributed by atoms with E-state index in [1.165, 1.54) is 0 Å². The molecule has 0 saturated heterocycles. The minimum Gasteiger partial charge on any atom is -0.397 e. The lowest BCUT2D eigenvalue weighted by Gasteiger charge is -2.17. The summed E-state index contributed by atoms with van der Waals surface area (Å²) in [6.45, 7) is 2.03. The van der Waals surface area contributed by atoms with Gasteiger partial charge in [0.15, 0.2) is 0 Å². The van der Waals surface area contributed by atoms with Crippen molar-refractivity contribution in [1.82, 2.24) is 10.3 Å². The summed E-state index contributed by atoms with van der Waals surface area (Å²) in [5.74, 6) is -0.0610. The maximum Gasteiger partial charge on any atom is 0.226 e. The van der Waals surface area contributed by atoms with Crippen LogP contribution in [0.1, 0.15) is 30.6 Å². The van der Waals surface area contributed by atoms with Crippen molar-refractivity contribution in [2.45, 2.75) is 25.8 Å². The highest BCUT2D eigenvalue weighted by Crippen LogP contribution is 2.19. The number of amides is 1. The quantitative estimate of drug-likeness (QED) is 0.891. The number of carbonyl (C=O) groups excluding carboxylic acids is 1. The normalized spacial score (nSPS) is 11.9. The summed E-state index contributed by atoms with van der Waals surface area (Å²) >= 11 is 5.88. The van der Waals surface area contributed by atoms with Crippen LogP contribution in [0, 0.1) is 0 Å². The predicted octanol–water partition coefficient (Wildman–Crippen LogP) is 3.13. The SMILES string of the molecule is CCC(NC(=O)Cc1ccc(N)cn1)c1ccc(Cl)cc1. The van der Waals surface area contributed by atoms with E-state index in [1.807, 2.05) is 31.2 Å². The summed E-state index contributed by atoms with van der Waals surface area (Å²) in [4.78, 5) is 16.2. The van der Waals surface area contributed by atoms with E-state index in [1.54, 1.807) is 18.3 Å². The first kappa shape index (κ1) is 15.3. The molecule has 0 saturated carbocycles. The van der Waals surface area contributed by atoms with Crippen LogP contribution in [0.2, 0.25) is 5.02 Å². The van der Waals surface area contributed by atoms with Gasteiger partial charge in [0.1, 0.15) is 0 Å². The van der Waals surface area contributed by atoms with Crippen LogP contribution in [-0.4, -0.2) is 10.9 Å². The Balaban J connectivity index is 1.99. The predicted molar refractivity (Wildman–Crippen MR) is 85.0 cm³/mol. The maximum absolute atomic E-state index is 12.1. The van der Waals surface area contributed by atoms with Crippen molar-refractivity contribution in [1.29, 1.82) is 0 Å². The fourth-order valence-corrected chi connectivity index (χ4v) is 2.19. The molecule has 1 unspecified atom stereocenters. The van der Waals surface area contributed by atoms with E-state index in [0.717, 1.165) is 12.0 Å². The molecule has 3 N–H and O–H groups in total. The Morgan fingerprint density at radius 3 is 2.57 bits per heavy atom. The molecular weight excluding hydrogens is 286 g/mol. The standard InChI is InChI=1S/C16H18ClN3O/c1-2-15(11-3-5-12(17)6-4-11)20-16(21)9-14-8-7-13(18)10-19-14/h3-8,10,15H,2,9,18H2,1H3,(H,20,21). The molecular formula is C16H18ClN3O. The van der Waals surface area contributed by atoms with Crippen LogP contribution in [0.4, 0.5) is 5.69 Å². The van der Waals surface area contributed by atoms with Crippen LogP contribution >= 0.6 is 11.6 Å². The molecule has 0 fully saturated rings. The third-order valence-electron chi connectivity index (χ3n) is 3.21. The van der Waals surface area contributed by atoms with Crippen LogP contribution in [0.15, 0.2) is 42.6 Å². The van der Waals surface area contributed by atoms with Crippen LogP contribution < -0.4 is 11.1 Å². The Kier molecular flexibility index (Phi) is 5.17. The van der Waals surface area contributed by atoms with E-state index in [2.05, 4.69) is 10.3 Å². The van der Waals surface area contributed by atoms with E-state index in [-0.39, 0.29) is 18.4 Å². The third-order valence-corrected chi connectivity index (χ3v) is 3.46. The minimum absolute atomic E-state index is 0.0245. The van der Waals surface area contributed by atoms with E-state index in [0.29, 0.717) is 16.4 Å². The van der Waals surface area contributed by atoms with E-state index in [9.17, 15) is 4.79 Å². The van der Waals surface area contributed by atoms with Gasteiger partial charge in [0.05, 0.1) is 24.3 Å². The molecule has 1 aromatic carbocycles. The smallest absolute Gasteiger partial charge is 0.226 e. The van der Waals surface area contributed by atoms with Gasteiger partial charge < -0.3 is 11.1 Å². The Hall–Kier alpha value is -2.07. The summed E-state index contributed by atoms with van der Waals surface area (Å²) in [5, 5.41) is 3.70. The van der Waals surface area contributed by atoms with Gasteiger partial charge in [-0.25, -0.2) is 0 Å². The average molecular weight is 304 g/mol. The van der Waals surface area contributed by atoms with Crippen molar-refractivity contribution < 1.29 is 4.79 Å². The summed E-state index contributed by atoms with van der Waals surface area (Å²) in [7, 11) is 0. The highest BCUT2D eigenvalue weighted by atomic mass is 35.5. The fourth-order valence-electron chi connectivity index (χ4n) is 2.07. The summed E-state index contributed by atoms with van der Waals surface area (Å²) in [6.07, 6.45) is 2.60. The second-order valence-electron chi connectivity index (χ2n) is 4.84. The lowest BCUT2D eigenvalue weighted by Crippen LogP contribution is -2.29. The molecule has 4 nitrogen and oxygen atoms in total. The molecule has 0 spiro atoms. The molecule has 0 aliphatic carbocycles. The zero-order valence-electron chi connectivity index (χ0n) is 11.8. The highest BCUT2D eigenvalue weighted by molar-refractivity contribution is 6.30. The molecule has 2 aromatic rings. The summed E-state index contributed by atoms with van der Waals surface area (Å²) in [5.41, 5.74) is 7.91. The van der Waals surface area contributed by atoms with Gasteiger partial charge >= 0.3 is 0 Å². The van der Waals surface area contributed by atoms with E-state index < -0.39 is 0 Å². The van der Waals surface area contributed by atoms with Crippen molar-refractivity contribution in [2.24, 2.45) is 0 Å². The van der Waals surface area contributed by atoms with Gasteiger partial charge in [0.25, 0.3) is 0 Å². The Labute approximate surface area is 129 Å². The first-order chi connectivity index (χ1) is 10.1. The van der Waals surface area contributed by atoms with Gasteiger partial charge in [0, 0.05) is 10.7 Å². The molecule has 1 atom stereocenters. The number of nitrogen functional groups attached to an aromatic ring is 1. The number of nitrogens with two attached hydrogens (primary N) is 1. The Bertz CT molecular complexity index is 596. The maximum atomic E-state index is 12.1. The number of nitrogens with zero attached hydrogens (tertiary/aromatic N) is 1. The third kappa shape index (κ3) is 4.46. The van der Waals surface area contributed by atoms with Crippen LogP contribution in [0.25, 0.3) is 0 Å². The highest BCUT2D eigenvalue weighted by Gasteiger charge is 2.13. The van der Waals surface area contributed by atoms with Gasteiger partial charge in [-0.15, -0.1) is 0 Å². The molecule has 0 aliphatic heterocycles. The topological polar surface area (TPSA) is 68.0 Å². The molecule has 2 rings (SSSR count).